The molecule has 0 heterocycles. The molecule has 0 aromatic heterocycles. The number of unbranched alkanes of at least 4 members (excludes halogenated alkanes) is 3. The van der Waals surface area contributed by atoms with Gasteiger partial charge in [0.15, 0.2) is 0 Å². The van der Waals surface area contributed by atoms with Gasteiger partial charge in [-0.15, -0.1) is 0 Å². The Labute approximate surface area is 216 Å². The molecule has 188 valence electrons. The zero-order valence-corrected chi connectivity index (χ0v) is 22.1. The topological polar surface area (TPSA) is 99.1 Å². The van der Waals surface area contributed by atoms with Gasteiger partial charge in [-0.3, -0.25) is 9.59 Å². The Morgan fingerprint density at radius 1 is 1.21 bits per heavy atom. The molecule has 0 unspecified atom stereocenters. The fraction of sp³-hybridized carbons (Fsp3) is 0.615. The lowest BCUT2D eigenvalue weighted by Crippen LogP contribution is -2.56. The van der Waals surface area contributed by atoms with Crippen LogP contribution in [0, 0.1) is 9.49 Å². The molecule has 1 saturated carbocycles. The molecule has 0 aliphatic heterocycles. The van der Waals surface area contributed by atoms with Crippen LogP contribution in [0.2, 0.25) is 0 Å². The van der Waals surface area contributed by atoms with E-state index in [-0.39, 0.29) is 37.3 Å². The molecule has 3 atom stereocenters. The van der Waals surface area contributed by atoms with E-state index < -0.39 is 18.2 Å². The van der Waals surface area contributed by atoms with Crippen LogP contribution < -0.4 is 10.1 Å². The van der Waals surface area contributed by atoms with Crippen LogP contribution in [0.15, 0.2) is 35.9 Å². The number of carbonyl (C=O) groups excluding carboxylic acids is 2. The van der Waals surface area contributed by atoms with Crippen LogP contribution in [0.25, 0.3) is 0 Å². The van der Waals surface area contributed by atoms with Crippen molar-refractivity contribution in [2.24, 2.45) is 5.92 Å². The third-order valence-electron chi connectivity index (χ3n) is 6.70. The maximum Gasteiger partial charge on any atom is 0.247 e. The first-order chi connectivity index (χ1) is 16.5. The molecule has 3 rings (SSSR count). The molecule has 7 nitrogen and oxygen atoms in total. The lowest BCUT2D eigenvalue weighted by molar-refractivity contribution is -0.145. The Kier molecular flexibility index (Phi) is 10.7. The van der Waals surface area contributed by atoms with Crippen molar-refractivity contribution in [2.45, 2.75) is 76.5 Å². The Hall–Kier alpha value is -1.65. The molecule has 8 heteroatoms. The summed E-state index contributed by atoms with van der Waals surface area (Å²) in [5.74, 6) is 0.408. The van der Waals surface area contributed by atoms with E-state index in [9.17, 15) is 14.7 Å². The number of carbonyl (C=O) groups is 2. The molecular formula is C26H37IN2O5. The highest BCUT2D eigenvalue weighted by atomic mass is 127. The van der Waals surface area contributed by atoms with Crippen molar-refractivity contribution in [3.63, 3.8) is 0 Å². The van der Waals surface area contributed by atoms with E-state index in [1.54, 1.807) is 6.08 Å². The first-order valence-corrected chi connectivity index (χ1v) is 13.5. The number of para-hydroxylation sites is 1. The predicted octanol–water partition coefficient (Wildman–Crippen LogP) is 3.42. The van der Waals surface area contributed by atoms with Crippen LogP contribution in [0.4, 0.5) is 0 Å². The van der Waals surface area contributed by atoms with Gasteiger partial charge >= 0.3 is 0 Å². The average molecular weight is 584 g/mol. The van der Waals surface area contributed by atoms with Crippen LogP contribution in [-0.4, -0.2) is 64.9 Å². The molecule has 1 aromatic rings. The first kappa shape index (κ1) is 26.9. The zero-order valence-electron chi connectivity index (χ0n) is 19.9. The van der Waals surface area contributed by atoms with Crippen molar-refractivity contribution in [1.29, 1.82) is 0 Å². The number of ether oxygens (including phenoxy) is 1. The van der Waals surface area contributed by atoms with Gasteiger partial charge in [-0.25, -0.2) is 0 Å². The Morgan fingerprint density at radius 3 is 2.62 bits per heavy atom. The quantitative estimate of drug-likeness (QED) is 0.259. The van der Waals surface area contributed by atoms with Gasteiger partial charge < -0.3 is 25.2 Å². The fourth-order valence-electron chi connectivity index (χ4n) is 4.50. The largest absolute Gasteiger partial charge is 0.482 e. The van der Waals surface area contributed by atoms with Gasteiger partial charge in [-0.05, 0) is 60.1 Å². The van der Waals surface area contributed by atoms with E-state index in [0.717, 1.165) is 48.5 Å². The second kappa shape index (κ2) is 13.4. The highest BCUT2D eigenvalue weighted by molar-refractivity contribution is 14.1. The Bertz CT molecular complexity index is 857. The van der Waals surface area contributed by atoms with E-state index in [1.807, 2.05) is 29.2 Å². The van der Waals surface area contributed by atoms with Crippen molar-refractivity contribution in [3.05, 3.63) is 39.5 Å². The van der Waals surface area contributed by atoms with Gasteiger partial charge in [0.2, 0.25) is 11.8 Å². The van der Waals surface area contributed by atoms with Crippen LogP contribution >= 0.6 is 22.6 Å². The summed E-state index contributed by atoms with van der Waals surface area (Å²) in [5.41, 5.74) is 0.472. The van der Waals surface area contributed by atoms with Crippen molar-refractivity contribution in [3.8, 4) is 5.75 Å². The third kappa shape index (κ3) is 6.95. The predicted molar refractivity (Wildman–Crippen MR) is 139 cm³/mol. The number of nitrogens with one attached hydrogen (secondary N) is 1. The number of nitrogens with zero attached hydrogens (tertiary/aromatic N) is 1. The molecule has 1 fully saturated rings. The first-order valence-electron chi connectivity index (χ1n) is 12.5. The maximum atomic E-state index is 13.4. The molecule has 2 amide bonds. The summed E-state index contributed by atoms with van der Waals surface area (Å²) in [6.45, 7) is 2.71. The number of aliphatic hydroxyl groups excluding tert-OH is 2. The van der Waals surface area contributed by atoms with Crippen molar-refractivity contribution < 1.29 is 24.5 Å². The van der Waals surface area contributed by atoms with Crippen LogP contribution in [0.5, 0.6) is 5.75 Å². The number of hydrogen-bond acceptors (Lipinski definition) is 5. The summed E-state index contributed by atoms with van der Waals surface area (Å²) in [6.07, 6.45) is 7.12. The lowest BCUT2D eigenvalue weighted by atomic mass is 9.82. The zero-order chi connectivity index (χ0) is 24.5. The second-order valence-electron chi connectivity index (χ2n) is 9.17. The standard InChI is InChI=1S/C26H37IN2O5/c1-2-3-4-7-14-29(26(33)18-9-8-10-18)21-16-19(25(32)28-13-15-30)17-23(24(21)31)34-22-12-6-5-11-20(22)27/h5-6,11-12,17-18,21,23-24,30-31H,2-4,7-10,13-16H2,1H3,(H,28,32)/t21-,23+,24+/m1/s1. The number of aliphatic hydroxyl groups is 2. The van der Waals surface area contributed by atoms with E-state index in [0.29, 0.717) is 17.9 Å². The summed E-state index contributed by atoms with van der Waals surface area (Å²) in [4.78, 5) is 28.1. The minimum Gasteiger partial charge on any atom is -0.482 e. The average Bonchev–Trinajstić information content (AvgIpc) is 2.79. The summed E-state index contributed by atoms with van der Waals surface area (Å²) < 4.78 is 7.09. The van der Waals surface area contributed by atoms with Crippen molar-refractivity contribution in [1.82, 2.24) is 10.2 Å². The Morgan fingerprint density at radius 2 is 1.97 bits per heavy atom. The normalized spacial score (nSPS) is 22.5. The van der Waals surface area contributed by atoms with E-state index in [2.05, 4.69) is 34.8 Å². The number of amides is 2. The summed E-state index contributed by atoms with van der Waals surface area (Å²) in [6, 6.07) is 6.98. The van der Waals surface area contributed by atoms with Gasteiger partial charge in [0.1, 0.15) is 18.0 Å². The number of benzene rings is 1. The van der Waals surface area contributed by atoms with Gasteiger partial charge in [0.25, 0.3) is 0 Å². The van der Waals surface area contributed by atoms with E-state index >= 15 is 0 Å². The van der Waals surface area contributed by atoms with Crippen LogP contribution in [0.3, 0.4) is 0 Å². The maximum absolute atomic E-state index is 13.4. The molecular weight excluding hydrogens is 547 g/mol. The SMILES string of the molecule is CCCCCCN(C(=O)C1CCC1)[C@@H]1CC(C(=O)NCCO)=C[C@H](Oc2ccccc2I)[C@H]1O. The Balaban J connectivity index is 1.87. The monoisotopic (exact) mass is 584 g/mol. The van der Waals surface area contributed by atoms with Gasteiger partial charge in [0.05, 0.1) is 16.2 Å². The van der Waals surface area contributed by atoms with Gasteiger partial charge in [-0.1, -0.05) is 44.7 Å². The molecule has 0 bridgehead atoms. The number of halogens is 1. The van der Waals surface area contributed by atoms with Gasteiger partial charge in [0, 0.05) is 31.0 Å². The smallest absolute Gasteiger partial charge is 0.247 e. The minimum absolute atomic E-state index is 0.00499. The van der Waals surface area contributed by atoms with Gasteiger partial charge in [-0.2, -0.15) is 0 Å². The molecule has 34 heavy (non-hydrogen) atoms. The summed E-state index contributed by atoms with van der Waals surface area (Å²) >= 11 is 2.18. The second-order valence-corrected chi connectivity index (χ2v) is 10.3. The molecule has 1 aromatic carbocycles. The lowest BCUT2D eigenvalue weighted by Gasteiger charge is -2.43. The fourth-order valence-corrected chi connectivity index (χ4v) is 5.02. The third-order valence-corrected chi connectivity index (χ3v) is 7.60. The summed E-state index contributed by atoms with van der Waals surface area (Å²) in [7, 11) is 0. The van der Waals surface area contributed by atoms with Crippen molar-refractivity contribution >= 4 is 34.4 Å². The number of hydrogen-bond donors (Lipinski definition) is 3. The number of rotatable bonds is 12. The molecule has 2 aliphatic carbocycles. The molecule has 0 saturated heterocycles. The van der Waals surface area contributed by atoms with Crippen LogP contribution in [0.1, 0.15) is 58.3 Å². The molecule has 2 aliphatic rings. The molecule has 0 radical (unpaired) electrons. The minimum atomic E-state index is -0.958. The highest BCUT2D eigenvalue weighted by Gasteiger charge is 2.42. The van der Waals surface area contributed by atoms with E-state index in [4.69, 9.17) is 9.84 Å². The molecule has 0 spiro atoms. The highest BCUT2D eigenvalue weighted by Crippen LogP contribution is 2.34. The summed E-state index contributed by atoms with van der Waals surface area (Å²) in [5, 5.41) is 23.2. The van der Waals surface area contributed by atoms with Crippen molar-refractivity contribution in [2.75, 3.05) is 19.7 Å². The van der Waals surface area contributed by atoms with E-state index in [1.165, 1.54) is 0 Å². The van der Waals surface area contributed by atoms with Crippen LogP contribution in [-0.2, 0) is 9.59 Å². The molecule has 3 N–H and O–H groups in total.